The molecule has 0 spiro atoms. The van der Waals surface area contributed by atoms with E-state index in [0.29, 0.717) is 25.4 Å². The molecule has 1 aliphatic rings. The first-order chi connectivity index (χ1) is 11.8. The standard InChI is InChI=1S/C19H22N2O3/c22-19(24-17-10-5-11-20-14-17)21-12-13-23-18(15-21)9-4-8-16-6-2-1-3-7-16/h1-3,5-7,10-11,14,18H,4,8-9,12-13,15H2. The number of nitrogens with zero attached hydrogens (tertiary/aromatic N) is 2. The monoisotopic (exact) mass is 326 g/mol. The smallest absolute Gasteiger partial charge is 0.409 e. The van der Waals surface area contributed by atoms with Crippen LogP contribution < -0.4 is 4.74 Å². The van der Waals surface area contributed by atoms with Crippen molar-refractivity contribution >= 4 is 6.09 Å². The fraction of sp³-hybridized carbons (Fsp3) is 0.368. The minimum atomic E-state index is -0.334. The van der Waals surface area contributed by atoms with Crippen molar-refractivity contribution in [2.45, 2.75) is 25.4 Å². The van der Waals surface area contributed by atoms with Crippen LogP contribution in [0.5, 0.6) is 5.75 Å². The van der Waals surface area contributed by atoms with Gasteiger partial charge in [-0.1, -0.05) is 30.3 Å². The normalized spacial score (nSPS) is 17.5. The van der Waals surface area contributed by atoms with E-state index in [2.05, 4.69) is 29.2 Å². The van der Waals surface area contributed by atoms with E-state index in [0.717, 1.165) is 19.3 Å². The predicted molar refractivity (Wildman–Crippen MR) is 91.0 cm³/mol. The number of aromatic nitrogens is 1. The first kappa shape index (κ1) is 16.5. The van der Waals surface area contributed by atoms with Crippen molar-refractivity contribution < 1.29 is 14.3 Å². The summed E-state index contributed by atoms with van der Waals surface area (Å²) in [5, 5.41) is 0. The first-order valence-corrected chi connectivity index (χ1v) is 8.33. The van der Waals surface area contributed by atoms with Gasteiger partial charge < -0.3 is 14.4 Å². The molecule has 1 fully saturated rings. The number of carbonyl (C=O) groups is 1. The Morgan fingerprint density at radius 2 is 2.12 bits per heavy atom. The van der Waals surface area contributed by atoms with Crippen molar-refractivity contribution in [3.63, 3.8) is 0 Å². The van der Waals surface area contributed by atoms with Gasteiger partial charge >= 0.3 is 6.09 Å². The summed E-state index contributed by atoms with van der Waals surface area (Å²) in [4.78, 5) is 17.9. The van der Waals surface area contributed by atoms with Crippen molar-refractivity contribution in [2.24, 2.45) is 0 Å². The fourth-order valence-electron chi connectivity index (χ4n) is 2.81. The highest BCUT2D eigenvalue weighted by Crippen LogP contribution is 2.15. The predicted octanol–water partition coefficient (Wildman–Crippen LogP) is 3.30. The van der Waals surface area contributed by atoms with Gasteiger partial charge in [-0.25, -0.2) is 4.79 Å². The lowest BCUT2D eigenvalue weighted by Crippen LogP contribution is -2.46. The van der Waals surface area contributed by atoms with Crippen LogP contribution in [-0.4, -0.2) is 41.8 Å². The first-order valence-electron chi connectivity index (χ1n) is 8.33. The maximum absolute atomic E-state index is 12.2. The van der Waals surface area contributed by atoms with Gasteiger partial charge in [0.05, 0.1) is 25.5 Å². The summed E-state index contributed by atoms with van der Waals surface area (Å²) in [6.07, 6.45) is 5.93. The molecule has 5 nitrogen and oxygen atoms in total. The topological polar surface area (TPSA) is 51.7 Å². The number of ether oxygens (including phenoxy) is 2. The third-order valence-corrected chi connectivity index (χ3v) is 4.07. The molecular weight excluding hydrogens is 304 g/mol. The molecule has 1 amide bonds. The highest BCUT2D eigenvalue weighted by atomic mass is 16.6. The molecule has 0 aliphatic carbocycles. The maximum Gasteiger partial charge on any atom is 0.415 e. The van der Waals surface area contributed by atoms with Crippen LogP contribution in [0.1, 0.15) is 18.4 Å². The second kappa shape index (κ2) is 8.45. The Morgan fingerprint density at radius 1 is 1.25 bits per heavy atom. The van der Waals surface area contributed by atoms with Crippen molar-refractivity contribution in [2.75, 3.05) is 19.7 Å². The number of morpholine rings is 1. The summed E-state index contributed by atoms with van der Waals surface area (Å²) >= 11 is 0. The van der Waals surface area contributed by atoms with Gasteiger partial charge in [0, 0.05) is 12.7 Å². The van der Waals surface area contributed by atoms with Gasteiger partial charge in [-0.2, -0.15) is 0 Å². The summed E-state index contributed by atoms with van der Waals surface area (Å²) < 4.78 is 11.1. The van der Waals surface area contributed by atoms with Gasteiger partial charge in [-0.15, -0.1) is 0 Å². The van der Waals surface area contributed by atoms with Gasteiger partial charge in [0.2, 0.25) is 0 Å². The number of rotatable bonds is 5. The summed E-state index contributed by atoms with van der Waals surface area (Å²) in [6, 6.07) is 13.9. The number of hydrogen-bond donors (Lipinski definition) is 0. The highest BCUT2D eigenvalue weighted by Gasteiger charge is 2.25. The van der Waals surface area contributed by atoms with Crippen molar-refractivity contribution in [3.8, 4) is 5.75 Å². The van der Waals surface area contributed by atoms with E-state index in [1.165, 1.54) is 11.8 Å². The zero-order chi connectivity index (χ0) is 16.6. The van der Waals surface area contributed by atoms with E-state index in [1.54, 1.807) is 23.2 Å². The minimum Gasteiger partial charge on any atom is -0.409 e. The van der Waals surface area contributed by atoms with E-state index >= 15 is 0 Å². The van der Waals surface area contributed by atoms with Crippen LogP contribution in [0, 0.1) is 0 Å². The lowest BCUT2D eigenvalue weighted by Gasteiger charge is -2.32. The molecule has 1 atom stereocenters. The zero-order valence-corrected chi connectivity index (χ0v) is 13.6. The third-order valence-electron chi connectivity index (χ3n) is 4.07. The lowest BCUT2D eigenvalue weighted by atomic mass is 10.1. The molecule has 1 aromatic heterocycles. The molecule has 5 heteroatoms. The molecule has 3 rings (SSSR count). The Bertz CT molecular complexity index is 634. The van der Waals surface area contributed by atoms with Gasteiger partial charge in [-0.05, 0) is 37.0 Å². The number of amides is 1. The highest BCUT2D eigenvalue weighted by molar-refractivity contribution is 5.70. The maximum atomic E-state index is 12.2. The number of pyridine rings is 1. The Kier molecular flexibility index (Phi) is 5.80. The fourth-order valence-corrected chi connectivity index (χ4v) is 2.81. The van der Waals surface area contributed by atoms with Crippen molar-refractivity contribution in [3.05, 3.63) is 60.4 Å². The number of carbonyl (C=O) groups excluding carboxylic acids is 1. The Hall–Kier alpha value is -2.40. The molecule has 24 heavy (non-hydrogen) atoms. The number of aryl methyl sites for hydroxylation is 1. The molecule has 0 radical (unpaired) electrons. The molecule has 1 saturated heterocycles. The van der Waals surface area contributed by atoms with Crippen LogP contribution in [-0.2, 0) is 11.2 Å². The van der Waals surface area contributed by atoms with Crippen LogP contribution in [0.15, 0.2) is 54.9 Å². The average Bonchev–Trinajstić information content (AvgIpc) is 2.64. The second-order valence-corrected chi connectivity index (χ2v) is 5.87. The molecule has 1 aromatic carbocycles. The van der Waals surface area contributed by atoms with E-state index in [4.69, 9.17) is 9.47 Å². The SMILES string of the molecule is O=C(Oc1cccnc1)N1CCOC(CCCc2ccccc2)C1. The average molecular weight is 326 g/mol. The van der Waals surface area contributed by atoms with Crippen LogP contribution in [0.3, 0.4) is 0 Å². The van der Waals surface area contributed by atoms with Crippen LogP contribution >= 0.6 is 0 Å². The zero-order valence-electron chi connectivity index (χ0n) is 13.6. The molecular formula is C19H22N2O3. The number of hydrogen-bond acceptors (Lipinski definition) is 4. The number of benzene rings is 1. The van der Waals surface area contributed by atoms with Gasteiger partial charge in [-0.3, -0.25) is 4.98 Å². The Labute approximate surface area is 142 Å². The Balaban J connectivity index is 1.44. The molecule has 126 valence electrons. The molecule has 0 bridgehead atoms. The summed E-state index contributed by atoms with van der Waals surface area (Å²) in [6.45, 7) is 1.69. The van der Waals surface area contributed by atoms with Crippen LogP contribution in [0.4, 0.5) is 4.79 Å². The van der Waals surface area contributed by atoms with Gasteiger partial charge in [0.25, 0.3) is 0 Å². The molecule has 0 N–H and O–H groups in total. The summed E-state index contributed by atoms with van der Waals surface area (Å²) in [5.74, 6) is 0.467. The van der Waals surface area contributed by atoms with E-state index < -0.39 is 0 Å². The quantitative estimate of drug-likeness (QED) is 0.846. The molecule has 0 saturated carbocycles. The minimum absolute atomic E-state index is 0.0731. The van der Waals surface area contributed by atoms with Crippen molar-refractivity contribution in [1.29, 1.82) is 0 Å². The summed E-state index contributed by atoms with van der Waals surface area (Å²) in [7, 11) is 0. The Morgan fingerprint density at radius 3 is 2.92 bits per heavy atom. The van der Waals surface area contributed by atoms with Gasteiger partial charge in [0.1, 0.15) is 0 Å². The molecule has 1 unspecified atom stereocenters. The van der Waals surface area contributed by atoms with Crippen molar-refractivity contribution in [1.82, 2.24) is 9.88 Å². The summed E-state index contributed by atoms with van der Waals surface area (Å²) in [5.41, 5.74) is 1.33. The molecule has 2 aromatic rings. The molecule has 2 heterocycles. The second-order valence-electron chi connectivity index (χ2n) is 5.87. The lowest BCUT2D eigenvalue weighted by molar-refractivity contribution is -0.0247. The van der Waals surface area contributed by atoms with E-state index in [-0.39, 0.29) is 12.2 Å². The largest absolute Gasteiger partial charge is 0.415 e. The van der Waals surface area contributed by atoms with E-state index in [9.17, 15) is 4.79 Å². The third kappa shape index (κ3) is 4.80. The molecule has 1 aliphatic heterocycles. The van der Waals surface area contributed by atoms with Gasteiger partial charge in [0.15, 0.2) is 5.75 Å². The van der Waals surface area contributed by atoms with E-state index in [1.807, 2.05) is 6.07 Å². The van der Waals surface area contributed by atoms with Crippen LogP contribution in [0.25, 0.3) is 0 Å². The van der Waals surface area contributed by atoms with Crippen LogP contribution in [0.2, 0.25) is 0 Å².